The van der Waals surface area contributed by atoms with E-state index in [0.717, 1.165) is 43.0 Å². The SMILES string of the molecule is COc1cc(/C=C/c2ccc(N3CCC4(CCOC4)C3)cc2)cc(C)c1O. The first-order chi connectivity index (χ1) is 13.1. The fourth-order valence-corrected chi connectivity index (χ4v) is 4.14. The lowest BCUT2D eigenvalue weighted by atomic mass is 9.87. The molecule has 1 atom stereocenters. The Morgan fingerprint density at radius 2 is 1.89 bits per heavy atom. The lowest BCUT2D eigenvalue weighted by Crippen LogP contribution is -2.27. The minimum atomic E-state index is 0.204. The summed E-state index contributed by atoms with van der Waals surface area (Å²) in [4.78, 5) is 2.48. The van der Waals surface area contributed by atoms with Gasteiger partial charge in [-0.05, 0) is 60.7 Å². The highest BCUT2D eigenvalue weighted by Crippen LogP contribution is 2.40. The molecule has 2 saturated heterocycles. The Labute approximate surface area is 161 Å². The molecule has 142 valence electrons. The Morgan fingerprint density at radius 1 is 1.11 bits per heavy atom. The molecule has 0 aromatic heterocycles. The minimum absolute atomic E-state index is 0.204. The van der Waals surface area contributed by atoms with Crippen LogP contribution in [0.25, 0.3) is 12.2 Å². The minimum Gasteiger partial charge on any atom is -0.504 e. The van der Waals surface area contributed by atoms with Gasteiger partial charge in [0.1, 0.15) is 0 Å². The Balaban J connectivity index is 1.45. The van der Waals surface area contributed by atoms with E-state index in [-0.39, 0.29) is 5.75 Å². The number of rotatable bonds is 4. The highest BCUT2D eigenvalue weighted by molar-refractivity contribution is 5.72. The summed E-state index contributed by atoms with van der Waals surface area (Å²) in [5.41, 5.74) is 4.64. The van der Waals surface area contributed by atoms with E-state index < -0.39 is 0 Å². The third kappa shape index (κ3) is 3.67. The third-order valence-electron chi connectivity index (χ3n) is 5.86. The van der Waals surface area contributed by atoms with Crippen molar-refractivity contribution in [3.05, 3.63) is 53.1 Å². The summed E-state index contributed by atoms with van der Waals surface area (Å²) in [6.07, 6.45) is 6.56. The Morgan fingerprint density at radius 3 is 2.59 bits per heavy atom. The van der Waals surface area contributed by atoms with E-state index in [9.17, 15) is 5.11 Å². The van der Waals surface area contributed by atoms with Crippen molar-refractivity contribution in [3.8, 4) is 11.5 Å². The third-order valence-corrected chi connectivity index (χ3v) is 5.86. The molecule has 1 unspecified atom stereocenters. The average molecular weight is 365 g/mol. The lowest BCUT2D eigenvalue weighted by Gasteiger charge is -2.23. The van der Waals surface area contributed by atoms with Gasteiger partial charge in [-0.15, -0.1) is 0 Å². The van der Waals surface area contributed by atoms with Crippen LogP contribution in [0.5, 0.6) is 11.5 Å². The number of ether oxygens (including phenoxy) is 2. The fourth-order valence-electron chi connectivity index (χ4n) is 4.14. The van der Waals surface area contributed by atoms with Gasteiger partial charge in [0.15, 0.2) is 11.5 Å². The Bertz CT molecular complexity index is 835. The molecule has 2 aliphatic rings. The van der Waals surface area contributed by atoms with E-state index in [1.807, 2.05) is 25.1 Å². The molecule has 0 bridgehead atoms. The standard InChI is InChI=1S/C23H27NO3/c1-17-13-19(14-21(26-2)22(17)25)4-3-18-5-7-20(8-6-18)24-11-9-23(15-24)10-12-27-16-23/h3-8,13-14,25H,9-12,15-16H2,1-2H3/b4-3+. The maximum atomic E-state index is 9.96. The summed E-state index contributed by atoms with van der Waals surface area (Å²) in [5.74, 6) is 0.707. The Kier molecular flexibility index (Phi) is 4.83. The Hall–Kier alpha value is -2.46. The number of methoxy groups -OCH3 is 1. The molecule has 1 spiro atoms. The van der Waals surface area contributed by atoms with Crippen molar-refractivity contribution in [1.29, 1.82) is 0 Å². The monoisotopic (exact) mass is 365 g/mol. The molecule has 1 N–H and O–H groups in total. The number of nitrogens with zero attached hydrogens (tertiary/aromatic N) is 1. The molecule has 2 aliphatic heterocycles. The first kappa shape index (κ1) is 17.9. The summed E-state index contributed by atoms with van der Waals surface area (Å²) in [6.45, 7) is 5.93. The van der Waals surface area contributed by atoms with Crippen LogP contribution in [0.3, 0.4) is 0 Å². The first-order valence-electron chi connectivity index (χ1n) is 9.57. The molecule has 0 saturated carbocycles. The predicted octanol–water partition coefficient (Wildman–Crippen LogP) is 4.50. The second-order valence-corrected chi connectivity index (χ2v) is 7.79. The van der Waals surface area contributed by atoms with Crippen molar-refractivity contribution in [2.45, 2.75) is 19.8 Å². The van der Waals surface area contributed by atoms with Crippen LogP contribution in [0.15, 0.2) is 36.4 Å². The van der Waals surface area contributed by atoms with Crippen LogP contribution in [-0.2, 0) is 4.74 Å². The number of benzene rings is 2. The number of hydrogen-bond donors (Lipinski definition) is 1. The molecule has 0 amide bonds. The second-order valence-electron chi connectivity index (χ2n) is 7.79. The molecule has 4 rings (SSSR count). The number of phenols is 1. The van der Waals surface area contributed by atoms with Crippen LogP contribution in [0.2, 0.25) is 0 Å². The summed E-state index contributed by atoms with van der Waals surface area (Å²) >= 11 is 0. The number of anilines is 1. The van der Waals surface area contributed by atoms with Gasteiger partial charge in [0.05, 0.1) is 13.7 Å². The summed E-state index contributed by atoms with van der Waals surface area (Å²) in [5, 5.41) is 9.96. The van der Waals surface area contributed by atoms with Crippen LogP contribution < -0.4 is 9.64 Å². The van der Waals surface area contributed by atoms with E-state index in [2.05, 4.69) is 35.2 Å². The zero-order valence-electron chi connectivity index (χ0n) is 16.1. The number of aryl methyl sites for hydroxylation is 1. The highest BCUT2D eigenvalue weighted by atomic mass is 16.5. The molecule has 0 radical (unpaired) electrons. The van der Waals surface area contributed by atoms with E-state index in [1.165, 1.54) is 18.5 Å². The summed E-state index contributed by atoms with van der Waals surface area (Å²) in [7, 11) is 1.57. The van der Waals surface area contributed by atoms with Crippen molar-refractivity contribution in [2.75, 3.05) is 38.3 Å². The van der Waals surface area contributed by atoms with Crippen molar-refractivity contribution in [3.63, 3.8) is 0 Å². The van der Waals surface area contributed by atoms with Crippen molar-refractivity contribution in [1.82, 2.24) is 0 Å². The van der Waals surface area contributed by atoms with Crippen LogP contribution in [0.1, 0.15) is 29.5 Å². The second kappa shape index (κ2) is 7.28. The maximum absolute atomic E-state index is 9.96. The molecule has 27 heavy (non-hydrogen) atoms. The van der Waals surface area contributed by atoms with Gasteiger partial charge in [0.2, 0.25) is 0 Å². The molecular formula is C23H27NO3. The number of aromatic hydroxyl groups is 1. The van der Waals surface area contributed by atoms with Crippen molar-refractivity contribution < 1.29 is 14.6 Å². The van der Waals surface area contributed by atoms with Crippen molar-refractivity contribution >= 4 is 17.8 Å². The molecular weight excluding hydrogens is 338 g/mol. The molecule has 2 fully saturated rings. The number of hydrogen-bond acceptors (Lipinski definition) is 4. The van der Waals surface area contributed by atoms with Crippen molar-refractivity contribution in [2.24, 2.45) is 5.41 Å². The smallest absolute Gasteiger partial charge is 0.161 e. The summed E-state index contributed by atoms with van der Waals surface area (Å²) in [6, 6.07) is 12.5. The zero-order valence-corrected chi connectivity index (χ0v) is 16.1. The molecule has 2 aromatic carbocycles. The van der Waals surface area contributed by atoms with Crippen LogP contribution in [-0.4, -0.2) is 38.5 Å². The van der Waals surface area contributed by atoms with Gasteiger partial charge < -0.3 is 19.5 Å². The van der Waals surface area contributed by atoms with Gasteiger partial charge in [0.25, 0.3) is 0 Å². The topological polar surface area (TPSA) is 41.9 Å². The van der Waals surface area contributed by atoms with E-state index in [0.29, 0.717) is 11.2 Å². The highest BCUT2D eigenvalue weighted by Gasteiger charge is 2.41. The normalized spacial score (nSPS) is 22.2. The lowest BCUT2D eigenvalue weighted by molar-refractivity contribution is 0.160. The van der Waals surface area contributed by atoms with E-state index in [1.54, 1.807) is 7.11 Å². The van der Waals surface area contributed by atoms with E-state index in [4.69, 9.17) is 9.47 Å². The molecule has 2 heterocycles. The van der Waals surface area contributed by atoms with Gasteiger partial charge >= 0.3 is 0 Å². The van der Waals surface area contributed by atoms with Gasteiger partial charge in [0, 0.05) is 30.8 Å². The van der Waals surface area contributed by atoms with Gasteiger partial charge in [-0.25, -0.2) is 0 Å². The van der Waals surface area contributed by atoms with Gasteiger partial charge in [-0.3, -0.25) is 0 Å². The summed E-state index contributed by atoms with van der Waals surface area (Å²) < 4.78 is 10.9. The predicted molar refractivity (Wildman–Crippen MR) is 109 cm³/mol. The van der Waals surface area contributed by atoms with Crippen LogP contribution >= 0.6 is 0 Å². The molecule has 2 aromatic rings. The van der Waals surface area contributed by atoms with E-state index >= 15 is 0 Å². The fraction of sp³-hybridized carbons (Fsp3) is 0.391. The maximum Gasteiger partial charge on any atom is 0.161 e. The first-order valence-corrected chi connectivity index (χ1v) is 9.57. The average Bonchev–Trinajstić information content (AvgIpc) is 3.33. The quantitative estimate of drug-likeness (QED) is 0.810. The number of phenolic OH excluding ortho intramolecular Hbond substituents is 1. The molecule has 4 nitrogen and oxygen atoms in total. The van der Waals surface area contributed by atoms with Crippen LogP contribution in [0, 0.1) is 12.3 Å². The van der Waals surface area contributed by atoms with Gasteiger partial charge in [-0.1, -0.05) is 24.3 Å². The largest absolute Gasteiger partial charge is 0.504 e. The van der Waals surface area contributed by atoms with Gasteiger partial charge in [-0.2, -0.15) is 0 Å². The van der Waals surface area contributed by atoms with Crippen LogP contribution in [0.4, 0.5) is 5.69 Å². The molecule has 4 heteroatoms. The molecule has 0 aliphatic carbocycles. The zero-order chi connectivity index (χ0) is 18.9.